The Balaban J connectivity index is 2.09. The molecule has 2 nitrogen and oxygen atoms in total. The van der Waals surface area contributed by atoms with E-state index in [1.807, 2.05) is 6.08 Å². The maximum Gasteiger partial charge on any atom is 0.165 e. The van der Waals surface area contributed by atoms with Crippen LogP contribution < -0.4 is 10.5 Å². The third-order valence-corrected chi connectivity index (χ3v) is 2.72. The Morgan fingerprint density at radius 1 is 1.44 bits per heavy atom. The lowest BCUT2D eigenvalue weighted by atomic mass is 10.1. The lowest BCUT2D eigenvalue weighted by molar-refractivity contribution is 0.220. The molecule has 86 valence electrons. The highest BCUT2D eigenvalue weighted by Crippen LogP contribution is 2.22. The van der Waals surface area contributed by atoms with E-state index in [-0.39, 0.29) is 11.9 Å². The molecule has 0 radical (unpaired) electrons. The lowest BCUT2D eigenvalue weighted by Crippen LogP contribution is -2.16. The molecule has 3 heteroatoms. The Labute approximate surface area is 94.9 Å². The van der Waals surface area contributed by atoms with Crippen molar-refractivity contribution in [2.75, 3.05) is 0 Å². The predicted molar refractivity (Wildman–Crippen MR) is 61.7 cm³/mol. The molecule has 1 atom stereocenters. The number of hydrogen-bond acceptors (Lipinski definition) is 2. The van der Waals surface area contributed by atoms with E-state index in [0.29, 0.717) is 12.3 Å². The number of hydrogen-bond donors (Lipinski definition) is 1. The molecular weight excluding hydrogens is 205 g/mol. The van der Waals surface area contributed by atoms with Crippen LogP contribution >= 0.6 is 0 Å². The molecule has 1 unspecified atom stereocenters. The van der Waals surface area contributed by atoms with Crippen LogP contribution in [0.3, 0.4) is 0 Å². The second kappa shape index (κ2) is 5.12. The maximum absolute atomic E-state index is 13.6. The molecular formula is C13H16FNO. The summed E-state index contributed by atoms with van der Waals surface area (Å²) in [5.74, 6) is -0.0179. The van der Waals surface area contributed by atoms with Gasteiger partial charge in [-0.25, -0.2) is 4.39 Å². The molecule has 2 rings (SSSR count). The van der Waals surface area contributed by atoms with Gasteiger partial charge in [0, 0.05) is 6.54 Å². The van der Waals surface area contributed by atoms with E-state index >= 15 is 0 Å². The second-order valence-corrected chi connectivity index (χ2v) is 3.98. The molecule has 0 aromatic heterocycles. The van der Waals surface area contributed by atoms with Crippen LogP contribution in [0.4, 0.5) is 4.39 Å². The molecule has 0 aliphatic heterocycles. The minimum Gasteiger partial charge on any atom is -0.483 e. The molecule has 0 spiro atoms. The van der Waals surface area contributed by atoms with E-state index in [4.69, 9.17) is 10.5 Å². The average molecular weight is 221 g/mol. The quantitative estimate of drug-likeness (QED) is 0.796. The smallest absolute Gasteiger partial charge is 0.165 e. The van der Waals surface area contributed by atoms with Crippen LogP contribution in [0, 0.1) is 5.82 Å². The molecule has 0 saturated carbocycles. The van der Waals surface area contributed by atoms with Gasteiger partial charge in [-0.1, -0.05) is 12.1 Å². The number of rotatable bonds is 3. The minimum atomic E-state index is -0.332. The predicted octanol–water partition coefficient (Wildman–Crippen LogP) is 2.77. The van der Waals surface area contributed by atoms with Crippen LogP contribution in [-0.2, 0) is 6.54 Å². The van der Waals surface area contributed by atoms with Crippen LogP contribution in [0.2, 0.25) is 0 Å². The van der Waals surface area contributed by atoms with Crippen molar-refractivity contribution in [1.29, 1.82) is 0 Å². The number of allylic oxidation sites excluding steroid dienone is 1. The van der Waals surface area contributed by atoms with Gasteiger partial charge >= 0.3 is 0 Å². The topological polar surface area (TPSA) is 35.2 Å². The van der Waals surface area contributed by atoms with Gasteiger partial charge in [0.25, 0.3) is 0 Å². The summed E-state index contributed by atoms with van der Waals surface area (Å²) < 4.78 is 19.2. The first kappa shape index (κ1) is 11.1. The lowest BCUT2D eigenvalue weighted by Gasteiger charge is -2.18. The highest BCUT2D eigenvalue weighted by Gasteiger charge is 2.12. The van der Waals surface area contributed by atoms with Crippen LogP contribution in [0.15, 0.2) is 30.4 Å². The zero-order valence-electron chi connectivity index (χ0n) is 9.16. The molecule has 0 saturated heterocycles. The summed E-state index contributed by atoms with van der Waals surface area (Å²) in [6.45, 7) is 0.348. The summed E-state index contributed by atoms with van der Waals surface area (Å²) >= 11 is 0. The van der Waals surface area contributed by atoms with Gasteiger partial charge in [-0.3, -0.25) is 0 Å². The first-order valence-corrected chi connectivity index (χ1v) is 5.61. The van der Waals surface area contributed by atoms with Gasteiger partial charge in [0.05, 0.1) is 0 Å². The molecule has 16 heavy (non-hydrogen) atoms. The minimum absolute atomic E-state index is 0.00646. The number of ether oxygens (including phenoxy) is 1. The van der Waals surface area contributed by atoms with E-state index in [0.717, 1.165) is 24.8 Å². The fourth-order valence-corrected chi connectivity index (χ4v) is 1.81. The monoisotopic (exact) mass is 221 g/mol. The van der Waals surface area contributed by atoms with Crippen molar-refractivity contribution >= 4 is 0 Å². The van der Waals surface area contributed by atoms with Gasteiger partial charge in [0.2, 0.25) is 0 Å². The summed E-state index contributed by atoms with van der Waals surface area (Å²) in [6.07, 6.45) is 7.24. The zero-order chi connectivity index (χ0) is 11.4. The van der Waals surface area contributed by atoms with Gasteiger partial charge in [0.15, 0.2) is 11.6 Å². The van der Waals surface area contributed by atoms with E-state index < -0.39 is 0 Å². The molecule has 1 aromatic carbocycles. The van der Waals surface area contributed by atoms with Crippen molar-refractivity contribution < 1.29 is 9.13 Å². The highest BCUT2D eigenvalue weighted by atomic mass is 19.1. The number of nitrogens with two attached hydrogens (primary N) is 1. The van der Waals surface area contributed by atoms with Crippen molar-refractivity contribution in [3.8, 4) is 5.75 Å². The second-order valence-electron chi connectivity index (χ2n) is 3.98. The van der Waals surface area contributed by atoms with Gasteiger partial charge in [-0.05, 0) is 43.0 Å². The van der Waals surface area contributed by atoms with Gasteiger partial charge in [0.1, 0.15) is 6.10 Å². The van der Waals surface area contributed by atoms with E-state index in [1.165, 1.54) is 6.07 Å². The normalized spacial score (nSPS) is 19.8. The summed E-state index contributed by atoms with van der Waals surface area (Å²) in [5, 5.41) is 0. The fourth-order valence-electron chi connectivity index (χ4n) is 1.81. The van der Waals surface area contributed by atoms with Crippen molar-refractivity contribution in [2.24, 2.45) is 5.73 Å². The third kappa shape index (κ3) is 2.61. The molecule has 0 bridgehead atoms. The van der Waals surface area contributed by atoms with E-state index in [2.05, 4.69) is 6.08 Å². The highest BCUT2D eigenvalue weighted by molar-refractivity contribution is 5.29. The molecule has 1 aliphatic rings. The third-order valence-electron chi connectivity index (χ3n) is 2.72. The van der Waals surface area contributed by atoms with Crippen molar-refractivity contribution in [3.63, 3.8) is 0 Å². The molecule has 0 amide bonds. The fraction of sp³-hybridized carbons (Fsp3) is 0.385. The SMILES string of the molecule is NCc1ccc(OC2C=CCCC2)c(F)c1. The Morgan fingerprint density at radius 2 is 2.31 bits per heavy atom. The number of benzene rings is 1. The Hall–Kier alpha value is -1.35. The van der Waals surface area contributed by atoms with Crippen LogP contribution in [0.1, 0.15) is 24.8 Å². The largest absolute Gasteiger partial charge is 0.483 e. The van der Waals surface area contributed by atoms with E-state index in [9.17, 15) is 4.39 Å². The molecule has 1 aromatic rings. The molecule has 0 heterocycles. The van der Waals surface area contributed by atoms with Crippen molar-refractivity contribution in [2.45, 2.75) is 31.9 Å². The average Bonchev–Trinajstić information content (AvgIpc) is 2.33. The summed E-state index contributed by atoms with van der Waals surface area (Å²) in [5.41, 5.74) is 6.22. The van der Waals surface area contributed by atoms with E-state index in [1.54, 1.807) is 12.1 Å². The first-order chi connectivity index (χ1) is 7.79. The van der Waals surface area contributed by atoms with Crippen molar-refractivity contribution in [1.82, 2.24) is 0 Å². The zero-order valence-corrected chi connectivity index (χ0v) is 9.16. The molecule has 0 fully saturated rings. The Morgan fingerprint density at radius 3 is 2.94 bits per heavy atom. The summed E-state index contributed by atoms with van der Waals surface area (Å²) in [7, 11) is 0. The van der Waals surface area contributed by atoms with Gasteiger partial charge in [-0.2, -0.15) is 0 Å². The summed E-state index contributed by atoms with van der Waals surface area (Å²) in [4.78, 5) is 0. The maximum atomic E-state index is 13.6. The Kier molecular flexibility index (Phi) is 3.57. The first-order valence-electron chi connectivity index (χ1n) is 5.61. The Bertz CT molecular complexity index is 390. The standard InChI is InChI=1S/C13H16FNO/c14-12-8-10(9-15)6-7-13(12)16-11-4-2-1-3-5-11/h2,4,6-8,11H,1,3,5,9,15H2. The summed E-state index contributed by atoms with van der Waals surface area (Å²) in [6, 6.07) is 4.88. The molecule has 2 N–H and O–H groups in total. The molecule has 1 aliphatic carbocycles. The number of halogens is 1. The van der Waals surface area contributed by atoms with Crippen LogP contribution in [0.5, 0.6) is 5.75 Å². The van der Waals surface area contributed by atoms with Crippen LogP contribution in [0.25, 0.3) is 0 Å². The van der Waals surface area contributed by atoms with Gasteiger partial charge < -0.3 is 10.5 Å². The van der Waals surface area contributed by atoms with Crippen LogP contribution in [-0.4, -0.2) is 6.10 Å². The van der Waals surface area contributed by atoms with Crippen molar-refractivity contribution in [3.05, 3.63) is 41.7 Å². The van der Waals surface area contributed by atoms with Gasteiger partial charge in [-0.15, -0.1) is 0 Å².